The Bertz CT molecular complexity index is 980. The van der Waals surface area contributed by atoms with Crippen LogP contribution >= 0.6 is 18.1 Å². The number of carbonyl (C=O) groups excluding carboxylic acids is 1. The zero-order valence-electron chi connectivity index (χ0n) is 19.2. The minimum absolute atomic E-state index is 0.345. The van der Waals surface area contributed by atoms with Gasteiger partial charge in [-0.25, -0.2) is 9.88 Å². The van der Waals surface area contributed by atoms with Gasteiger partial charge in [0.05, 0.1) is 12.7 Å². The third-order valence-corrected chi connectivity index (χ3v) is 9.11. The van der Waals surface area contributed by atoms with Gasteiger partial charge < -0.3 is 24.2 Å². The van der Waals surface area contributed by atoms with Gasteiger partial charge in [-0.2, -0.15) is 0 Å². The number of aromatic amines is 1. The molecule has 14 heteroatoms. The number of aromatic nitrogens is 2. The quantitative estimate of drug-likeness (QED) is 0.245. The van der Waals surface area contributed by atoms with Gasteiger partial charge in [-0.05, 0) is 34.1 Å². The highest BCUT2D eigenvalue weighted by Gasteiger charge is 2.54. The van der Waals surface area contributed by atoms with Crippen LogP contribution in [0.3, 0.4) is 0 Å². The lowest BCUT2D eigenvalue weighted by atomic mass is 9.96. The van der Waals surface area contributed by atoms with Crippen molar-refractivity contribution in [3.63, 3.8) is 0 Å². The lowest BCUT2D eigenvalue weighted by molar-refractivity contribution is -0.149. The molecule has 0 spiro atoms. The fraction of sp³-hybridized carbons (Fsp3) is 0.737. The third-order valence-electron chi connectivity index (χ3n) is 4.79. The van der Waals surface area contributed by atoms with E-state index in [1.807, 2.05) is 6.92 Å². The summed E-state index contributed by atoms with van der Waals surface area (Å²) in [6.45, 7) is 4.01. The summed E-state index contributed by atoms with van der Waals surface area (Å²) in [6, 6.07) is 0.154. The molecule has 1 fully saturated rings. The first-order valence-corrected chi connectivity index (χ1v) is 13.8. The Morgan fingerprint density at radius 2 is 2.09 bits per heavy atom. The second-order valence-electron chi connectivity index (χ2n) is 8.18. The molecule has 0 saturated carbocycles. The summed E-state index contributed by atoms with van der Waals surface area (Å²) >= 11 is 0.994. The van der Waals surface area contributed by atoms with E-state index in [0.29, 0.717) is 12.2 Å². The number of ether oxygens (including phenoxy) is 2. The van der Waals surface area contributed by atoms with Gasteiger partial charge in [-0.1, -0.05) is 18.3 Å². The predicted molar refractivity (Wildman–Crippen MR) is 122 cm³/mol. The van der Waals surface area contributed by atoms with E-state index >= 15 is 0 Å². The number of H-pyrrole nitrogens is 1. The summed E-state index contributed by atoms with van der Waals surface area (Å²) in [5, 5.41) is 24.1. The molecule has 0 bridgehead atoms. The van der Waals surface area contributed by atoms with Crippen LogP contribution in [-0.2, 0) is 23.4 Å². The van der Waals surface area contributed by atoms with Crippen LogP contribution in [0.15, 0.2) is 21.9 Å². The number of nitrogens with zero attached hydrogens (tertiary/aromatic N) is 1. The van der Waals surface area contributed by atoms with Crippen LogP contribution in [0.2, 0.25) is 0 Å². The lowest BCUT2D eigenvalue weighted by Crippen LogP contribution is -2.46. The molecule has 0 amide bonds. The Balaban J connectivity index is 2.16. The van der Waals surface area contributed by atoms with Gasteiger partial charge in [-0.3, -0.25) is 23.7 Å². The van der Waals surface area contributed by atoms with E-state index in [0.717, 1.165) is 28.2 Å². The molecule has 1 aliphatic heterocycles. The number of hydrogen-bond acceptors (Lipinski definition) is 10. The van der Waals surface area contributed by atoms with E-state index in [1.165, 1.54) is 13.8 Å². The van der Waals surface area contributed by atoms with Crippen molar-refractivity contribution in [2.24, 2.45) is 0 Å². The number of aliphatic hydroxyl groups is 2. The highest BCUT2D eigenvalue weighted by molar-refractivity contribution is 8.56. The van der Waals surface area contributed by atoms with Gasteiger partial charge in [-0.15, -0.1) is 0 Å². The molecule has 2 heterocycles. The maximum atomic E-state index is 13.4. The number of carbonyl (C=O) groups is 1. The number of aliphatic hydroxyl groups excluding tert-OH is 1. The Kier molecular flexibility index (Phi) is 9.51. The van der Waals surface area contributed by atoms with Crippen molar-refractivity contribution in [3.8, 4) is 0 Å². The molecule has 0 unspecified atom stereocenters. The molecular formula is C19H32N3O9PS. The average Bonchev–Trinajstić information content (AvgIpc) is 2.94. The number of nitrogens with one attached hydrogen (secondary N) is 2. The third kappa shape index (κ3) is 7.01. The normalized spacial score (nSPS) is 27.9. The summed E-state index contributed by atoms with van der Waals surface area (Å²) in [6.07, 6.45) is -2.50. The maximum absolute atomic E-state index is 13.4. The zero-order valence-corrected chi connectivity index (χ0v) is 20.9. The molecule has 0 radical (unpaired) electrons. The Morgan fingerprint density at radius 1 is 1.42 bits per heavy atom. The monoisotopic (exact) mass is 509 g/mol. The van der Waals surface area contributed by atoms with Gasteiger partial charge >= 0.3 is 18.4 Å². The van der Waals surface area contributed by atoms with E-state index in [9.17, 15) is 29.2 Å². The molecule has 1 saturated heterocycles. The van der Waals surface area contributed by atoms with Crippen LogP contribution in [0, 0.1) is 0 Å². The molecule has 2 rings (SSSR count). The topological polar surface area (TPSA) is 169 Å². The van der Waals surface area contributed by atoms with Crippen molar-refractivity contribution >= 4 is 24.1 Å². The van der Waals surface area contributed by atoms with Crippen molar-refractivity contribution < 1.29 is 33.6 Å². The molecule has 1 aromatic rings. The van der Waals surface area contributed by atoms with Crippen molar-refractivity contribution in [2.75, 3.05) is 12.4 Å². The average molecular weight is 510 g/mol. The number of hydrogen-bond donors (Lipinski definition) is 4. The summed E-state index contributed by atoms with van der Waals surface area (Å²) in [5.41, 5.74) is -3.37. The van der Waals surface area contributed by atoms with Gasteiger partial charge in [0.1, 0.15) is 23.9 Å². The lowest BCUT2D eigenvalue weighted by Gasteiger charge is -2.27. The fourth-order valence-corrected chi connectivity index (χ4v) is 7.05. The number of rotatable bonds is 11. The van der Waals surface area contributed by atoms with Crippen molar-refractivity contribution in [3.05, 3.63) is 33.1 Å². The molecule has 33 heavy (non-hydrogen) atoms. The second kappa shape index (κ2) is 11.3. The molecule has 188 valence electrons. The molecule has 6 atom stereocenters. The van der Waals surface area contributed by atoms with Crippen LogP contribution in [0.5, 0.6) is 0 Å². The minimum Gasteiger partial charge on any atom is -0.462 e. The first-order chi connectivity index (χ1) is 15.3. The molecule has 4 N–H and O–H groups in total. The van der Waals surface area contributed by atoms with Gasteiger partial charge in [0.15, 0.2) is 6.23 Å². The van der Waals surface area contributed by atoms with Crippen LogP contribution in [0.1, 0.15) is 47.3 Å². The standard InChI is InChI=1S/C19H32N3O9PS/c1-6-9-33-32(28,21-12(4)16(25)30-11(2)3)29-10-13-15(24)19(5,27)17(31-13)22-8-7-14(23)20-18(22)26/h7-8,11-13,15,17,24,27H,6,9-10H2,1-5H3,(H,21,28)(H,20,23,26)/t12-,13-,15-,17-,19-,32-/m1/s1. The van der Waals surface area contributed by atoms with Crippen LogP contribution in [-0.4, -0.2) is 68.0 Å². The Morgan fingerprint density at radius 3 is 2.67 bits per heavy atom. The van der Waals surface area contributed by atoms with E-state index in [4.69, 9.17) is 14.0 Å². The summed E-state index contributed by atoms with van der Waals surface area (Å²) < 4.78 is 30.7. The number of esters is 1. The van der Waals surface area contributed by atoms with Crippen molar-refractivity contribution in [1.82, 2.24) is 14.6 Å². The first-order valence-electron chi connectivity index (χ1n) is 10.6. The Hall–Kier alpha value is -1.47. The Labute approximate surface area is 195 Å². The zero-order chi connectivity index (χ0) is 25.0. The molecule has 1 aliphatic rings. The molecular weight excluding hydrogens is 477 g/mol. The molecule has 0 aromatic carbocycles. The fourth-order valence-electron chi connectivity index (χ4n) is 3.11. The van der Waals surface area contributed by atoms with Crippen LogP contribution in [0.25, 0.3) is 0 Å². The highest BCUT2D eigenvalue weighted by Crippen LogP contribution is 2.57. The molecule has 0 aliphatic carbocycles. The van der Waals surface area contributed by atoms with Gasteiger partial charge in [0.25, 0.3) is 5.56 Å². The van der Waals surface area contributed by atoms with Gasteiger partial charge in [0.2, 0.25) is 0 Å². The maximum Gasteiger partial charge on any atom is 0.330 e. The summed E-state index contributed by atoms with van der Waals surface area (Å²) in [4.78, 5) is 37.6. The van der Waals surface area contributed by atoms with E-state index in [-0.39, 0.29) is 6.10 Å². The summed E-state index contributed by atoms with van der Waals surface area (Å²) in [5.74, 6) is -0.124. The largest absolute Gasteiger partial charge is 0.462 e. The van der Waals surface area contributed by atoms with E-state index in [1.54, 1.807) is 13.8 Å². The summed E-state index contributed by atoms with van der Waals surface area (Å²) in [7, 11) is 0. The molecule has 1 aromatic heterocycles. The SMILES string of the molecule is CCCS[P@@](=O)(N[C@H](C)C(=O)OC(C)C)OC[C@H]1O[C@@H](n2ccc(=O)[nH]c2=O)[C@](C)(O)[C@@H]1O. The highest BCUT2D eigenvalue weighted by atomic mass is 32.7. The van der Waals surface area contributed by atoms with Crippen LogP contribution in [0.4, 0.5) is 0 Å². The minimum atomic E-state index is -3.64. The van der Waals surface area contributed by atoms with Gasteiger partial charge in [0, 0.05) is 18.0 Å². The predicted octanol–water partition coefficient (Wildman–Crippen LogP) is 0.744. The second-order valence-corrected chi connectivity index (χ2v) is 12.6. The molecule has 12 nitrogen and oxygen atoms in total. The van der Waals surface area contributed by atoms with Crippen molar-refractivity contribution in [2.45, 2.75) is 77.2 Å². The van der Waals surface area contributed by atoms with E-state index in [2.05, 4.69) is 10.1 Å². The van der Waals surface area contributed by atoms with E-state index < -0.39 is 60.6 Å². The van der Waals surface area contributed by atoms with Crippen LogP contribution < -0.4 is 16.3 Å². The smallest absolute Gasteiger partial charge is 0.330 e. The van der Waals surface area contributed by atoms with Crippen molar-refractivity contribution in [1.29, 1.82) is 0 Å². The first kappa shape index (κ1) is 27.8.